The number of rotatable bonds is 2. The molecule has 0 aliphatic heterocycles. The van der Waals surface area contributed by atoms with Crippen LogP contribution in [0.3, 0.4) is 0 Å². The monoisotopic (exact) mass is 314 g/mol. The standard InChI is InChI=1S/C7H5F2IN2O2/c8-6(9)3-4(7(11)14)12-1-2(10)5(3)13/h1,6H,(H2,11,14)(H,12,13). The van der Waals surface area contributed by atoms with Crippen LogP contribution in [0.5, 0.6) is 0 Å². The number of carbonyl (C=O) groups excluding carboxylic acids is 1. The van der Waals surface area contributed by atoms with Gasteiger partial charge in [-0.15, -0.1) is 0 Å². The zero-order valence-corrected chi connectivity index (χ0v) is 8.84. The van der Waals surface area contributed by atoms with E-state index in [-0.39, 0.29) is 3.57 Å². The van der Waals surface area contributed by atoms with Gasteiger partial charge < -0.3 is 10.7 Å². The number of halogens is 3. The van der Waals surface area contributed by atoms with Crippen molar-refractivity contribution in [1.82, 2.24) is 4.98 Å². The molecule has 0 aliphatic rings. The molecule has 1 aromatic heterocycles. The smallest absolute Gasteiger partial charge is 0.269 e. The summed E-state index contributed by atoms with van der Waals surface area (Å²) >= 11 is 1.59. The Bertz CT molecular complexity index is 430. The number of primary amides is 1. The van der Waals surface area contributed by atoms with Crippen LogP contribution >= 0.6 is 22.6 Å². The molecule has 0 spiro atoms. The average molecular weight is 314 g/mol. The lowest BCUT2D eigenvalue weighted by molar-refractivity contribution is 0.0979. The second-order valence-corrected chi connectivity index (χ2v) is 3.58. The average Bonchev–Trinajstić information content (AvgIpc) is 2.08. The van der Waals surface area contributed by atoms with Crippen molar-refractivity contribution in [3.05, 3.63) is 31.2 Å². The third-order valence-electron chi connectivity index (χ3n) is 1.54. The molecule has 1 amide bonds. The summed E-state index contributed by atoms with van der Waals surface area (Å²) in [5, 5.41) is 0. The van der Waals surface area contributed by atoms with Gasteiger partial charge in [-0.3, -0.25) is 9.59 Å². The van der Waals surface area contributed by atoms with Crippen molar-refractivity contribution < 1.29 is 13.6 Å². The zero-order chi connectivity index (χ0) is 10.9. The van der Waals surface area contributed by atoms with Crippen molar-refractivity contribution in [2.45, 2.75) is 6.43 Å². The first-order valence-electron chi connectivity index (χ1n) is 3.44. The molecule has 0 saturated heterocycles. The molecule has 0 fully saturated rings. The summed E-state index contributed by atoms with van der Waals surface area (Å²) in [5.74, 6) is -1.08. The number of nitrogens with two attached hydrogens (primary N) is 1. The van der Waals surface area contributed by atoms with Crippen LogP contribution in [-0.2, 0) is 0 Å². The molecular formula is C7H5F2IN2O2. The van der Waals surface area contributed by atoms with Gasteiger partial charge in [0.2, 0.25) is 5.43 Å². The number of carbonyl (C=O) groups is 1. The van der Waals surface area contributed by atoms with Crippen LogP contribution in [-0.4, -0.2) is 10.9 Å². The van der Waals surface area contributed by atoms with E-state index in [0.29, 0.717) is 0 Å². The summed E-state index contributed by atoms with van der Waals surface area (Å²) in [6.45, 7) is 0. The van der Waals surface area contributed by atoms with Crippen molar-refractivity contribution >= 4 is 28.5 Å². The van der Waals surface area contributed by atoms with E-state index < -0.39 is 29.0 Å². The second-order valence-electron chi connectivity index (χ2n) is 2.42. The van der Waals surface area contributed by atoms with Crippen molar-refractivity contribution in [1.29, 1.82) is 0 Å². The van der Waals surface area contributed by atoms with Gasteiger partial charge in [-0.05, 0) is 22.6 Å². The van der Waals surface area contributed by atoms with Gasteiger partial charge in [-0.2, -0.15) is 0 Å². The number of hydrogen-bond acceptors (Lipinski definition) is 2. The number of nitrogens with one attached hydrogen (secondary N) is 1. The van der Waals surface area contributed by atoms with Crippen LogP contribution in [0, 0.1) is 3.57 Å². The molecule has 0 atom stereocenters. The van der Waals surface area contributed by atoms with E-state index in [1.54, 1.807) is 22.6 Å². The number of pyridine rings is 1. The maximum atomic E-state index is 12.4. The molecule has 14 heavy (non-hydrogen) atoms. The quantitative estimate of drug-likeness (QED) is 0.800. The molecule has 0 saturated carbocycles. The number of amides is 1. The van der Waals surface area contributed by atoms with Crippen LogP contribution < -0.4 is 11.2 Å². The summed E-state index contributed by atoms with van der Waals surface area (Å²) in [4.78, 5) is 24.2. The first-order valence-corrected chi connectivity index (χ1v) is 4.52. The van der Waals surface area contributed by atoms with E-state index in [1.165, 1.54) is 0 Å². The maximum absolute atomic E-state index is 12.4. The van der Waals surface area contributed by atoms with E-state index in [1.807, 2.05) is 0 Å². The van der Waals surface area contributed by atoms with Gasteiger partial charge in [0.05, 0.1) is 9.13 Å². The molecule has 1 aromatic rings. The molecule has 1 heterocycles. The first-order chi connectivity index (χ1) is 6.45. The molecule has 1 rings (SSSR count). The molecule has 0 aliphatic carbocycles. The third kappa shape index (κ3) is 1.91. The Morgan fingerprint density at radius 2 is 2.14 bits per heavy atom. The highest BCUT2D eigenvalue weighted by molar-refractivity contribution is 14.1. The summed E-state index contributed by atoms with van der Waals surface area (Å²) < 4.78 is 24.9. The Hall–Kier alpha value is -0.990. The molecule has 4 nitrogen and oxygen atoms in total. The molecule has 0 aromatic carbocycles. The van der Waals surface area contributed by atoms with Gasteiger partial charge in [0.25, 0.3) is 12.3 Å². The number of hydrogen-bond donors (Lipinski definition) is 2. The number of aromatic amines is 1. The van der Waals surface area contributed by atoms with E-state index >= 15 is 0 Å². The SMILES string of the molecule is NC(=O)c1[nH]cc(I)c(=O)c1C(F)F. The summed E-state index contributed by atoms with van der Waals surface area (Å²) in [6.07, 6.45) is -1.86. The van der Waals surface area contributed by atoms with E-state index in [0.717, 1.165) is 6.20 Å². The lowest BCUT2D eigenvalue weighted by Crippen LogP contribution is -2.24. The molecule has 7 heteroatoms. The zero-order valence-electron chi connectivity index (χ0n) is 6.68. The number of H-pyrrole nitrogens is 1. The second kappa shape index (κ2) is 4.03. The van der Waals surface area contributed by atoms with Gasteiger partial charge in [0.15, 0.2) is 0 Å². The summed E-state index contributed by atoms with van der Waals surface area (Å²) in [7, 11) is 0. The molecule has 76 valence electrons. The molecular weight excluding hydrogens is 309 g/mol. The predicted octanol–water partition coefficient (Wildman–Crippen LogP) is 1.02. The Labute approximate surface area is 90.6 Å². The lowest BCUT2D eigenvalue weighted by Gasteiger charge is -2.04. The Morgan fingerprint density at radius 3 is 2.57 bits per heavy atom. The van der Waals surface area contributed by atoms with Crippen LogP contribution in [0.15, 0.2) is 11.0 Å². The minimum atomic E-state index is -3.02. The van der Waals surface area contributed by atoms with Gasteiger partial charge in [-0.1, -0.05) is 0 Å². The normalized spacial score (nSPS) is 10.6. The fourth-order valence-electron chi connectivity index (χ4n) is 0.933. The summed E-state index contributed by atoms with van der Waals surface area (Å²) in [6, 6.07) is 0. The van der Waals surface area contributed by atoms with Gasteiger partial charge >= 0.3 is 0 Å². The molecule has 0 radical (unpaired) electrons. The summed E-state index contributed by atoms with van der Waals surface area (Å²) in [5.41, 5.74) is 2.55. The fraction of sp³-hybridized carbons (Fsp3) is 0.143. The van der Waals surface area contributed by atoms with Crippen LogP contribution in [0.25, 0.3) is 0 Å². The van der Waals surface area contributed by atoms with Crippen LogP contribution in [0.1, 0.15) is 22.5 Å². The fourth-order valence-corrected chi connectivity index (χ4v) is 1.38. The molecule has 0 unspecified atom stereocenters. The van der Waals surface area contributed by atoms with Crippen LogP contribution in [0.2, 0.25) is 0 Å². The highest BCUT2D eigenvalue weighted by Gasteiger charge is 2.22. The van der Waals surface area contributed by atoms with Gasteiger partial charge in [0.1, 0.15) is 5.69 Å². The third-order valence-corrected chi connectivity index (χ3v) is 2.34. The highest BCUT2D eigenvalue weighted by atomic mass is 127. The largest absolute Gasteiger partial charge is 0.364 e. The van der Waals surface area contributed by atoms with Crippen molar-refractivity contribution in [3.8, 4) is 0 Å². The minimum Gasteiger partial charge on any atom is -0.364 e. The van der Waals surface area contributed by atoms with Gasteiger partial charge in [0, 0.05) is 6.20 Å². The predicted molar refractivity (Wildman–Crippen MR) is 53.3 cm³/mol. The van der Waals surface area contributed by atoms with Crippen molar-refractivity contribution in [2.75, 3.05) is 0 Å². The molecule has 3 N–H and O–H groups in total. The van der Waals surface area contributed by atoms with Gasteiger partial charge in [-0.25, -0.2) is 8.78 Å². The number of aromatic nitrogens is 1. The van der Waals surface area contributed by atoms with E-state index in [2.05, 4.69) is 4.98 Å². The maximum Gasteiger partial charge on any atom is 0.269 e. The van der Waals surface area contributed by atoms with E-state index in [9.17, 15) is 18.4 Å². The van der Waals surface area contributed by atoms with Crippen LogP contribution in [0.4, 0.5) is 8.78 Å². The topological polar surface area (TPSA) is 76.0 Å². The first kappa shape index (κ1) is 11.1. The highest BCUT2D eigenvalue weighted by Crippen LogP contribution is 2.18. The van der Waals surface area contributed by atoms with Crippen molar-refractivity contribution in [2.24, 2.45) is 5.73 Å². The Kier molecular flexibility index (Phi) is 3.19. The molecule has 0 bridgehead atoms. The van der Waals surface area contributed by atoms with Crippen molar-refractivity contribution in [3.63, 3.8) is 0 Å². The Balaban J connectivity index is 3.54. The Morgan fingerprint density at radius 1 is 1.57 bits per heavy atom. The minimum absolute atomic E-state index is 0.0860. The lowest BCUT2D eigenvalue weighted by atomic mass is 10.2. The number of alkyl halides is 2. The van der Waals surface area contributed by atoms with E-state index in [4.69, 9.17) is 5.73 Å².